The van der Waals surface area contributed by atoms with Crippen molar-refractivity contribution < 1.29 is 14.3 Å². The summed E-state index contributed by atoms with van der Waals surface area (Å²) in [7, 11) is 1.64. The third kappa shape index (κ3) is 4.12. The Morgan fingerprint density at radius 2 is 1.94 bits per heavy atom. The zero-order chi connectivity index (χ0) is 22.8. The third-order valence-corrected chi connectivity index (χ3v) is 6.61. The van der Waals surface area contributed by atoms with Gasteiger partial charge in [-0.15, -0.1) is 0 Å². The monoisotopic (exact) mass is 444 g/mol. The molecule has 1 spiro atoms. The maximum Gasteiger partial charge on any atom is 0.254 e. The lowest BCUT2D eigenvalue weighted by Gasteiger charge is -2.40. The van der Waals surface area contributed by atoms with E-state index >= 15 is 0 Å². The summed E-state index contributed by atoms with van der Waals surface area (Å²) in [5, 5.41) is 3.04. The normalized spacial score (nSPS) is 18.7. The maximum atomic E-state index is 13.2. The molecule has 2 aliphatic rings. The van der Waals surface area contributed by atoms with E-state index in [0.29, 0.717) is 12.2 Å². The molecule has 2 aromatic carbocycles. The van der Waals surface area contributed by atoms with Gasteiger partial charge in [-0.25, -0.2) is 4.98 Å². The zero-order valence-corrected chi connectivity index (χ0v) is 18.7. The Kier molecular flexibility index (Phi) is 5.64. The van der Waals surface area contributed by atoms with Gasteiger partial charge in [0.25, 0.3) is 5.91 Å². The van der Waals surface area contributed by atoms with Crippen molar-refractivity contribution in [1.82, 2.24) is 10.3 Å². The van der Waals surface area contributed by atoms with E-state index in [1.807, 2.05) is 48.5 Å². The Hall–Kier alpha value is -3.58. The van der Waals surface area contributed by atoms with E-state index < -0.39 is 11.7 Å². The number of pyridine rings is 1. The number of rotatable bonds is 5. The van der Waals surface area contributed by atoms with Gasteiger partial charge in [-0.3, -0.25) is 4.79 Å². The Balaban J connectivity index is 1.29. The molecular formula is C26H28N4O3. The summed E-state index contributed by atoms with van der Waals surface area (Å²) in [5.74, 6) is 1.56. The van der Waals surface area contributed by atoms with Gasteiger partial charge in [0.05, 0.1) is 12.7 Å². The van der Waals surface area contributed by atoms with Crippen LogP contribution in [-0.2, 0) is 21.7 Å². The number of hydrogen-bond donors (Lipinski definition) is 2. The highest BCUT2D eigenvalue weighted by molar-refractivity contribution is 5.83. The van der Waals surface area contributed by atoms with Gasteiger partial charge in [-0.1, -0.05) is 36.4 Å². The molecule has 1 unspecified atom stereocenters. The van der Waals surface area contributed by atoms with Gasteiger partial charge >= 0.3 is 0 Å². The first-order chi connectivity index (χ1) is 16.1. The molecule has 1 saturated heterocycles. The van der Waals surface area contributed by atoms with Crippen LogP contribution >= 0.6 is 0 Å². The molecule has 2 aliphatic heterocycles. The van der Waals surface area contributed by atoms with Crippen LogP contribution in [0.1, 0.15) is 35.6 Å². The second kappa shape index (κ2) is 8.75. The van der Waals surface area contributed by atoms with E-state index in [1.54, 1.807) is 19.4 Å². The lowest BCUT2D eigenvalue weighted by molar-refractivity contribution is -0.147. The highest BCUT2D eigenvalue weighted by Crippen LogP contribution is 2.49. The number of carbonyl (C=O) groups excluding carboxylic acids is 1. The summed E-state index contributed by atoms with van der Waals surface area (Å²) in [6.45, 7) is 2.00. The van der Waals surface area contributed by atoms with Gasteiger partial charge in [0, 0.05) is 37.6 Å². The Morgan fingerprint density at radius 3 is 2.67 bits per heavy atom. The Morgan fingerprint density at radius 1 is 1.18 bits per heavy atom. The van der Waals surface area contributed by atoms with Crippen LogP contribution in [0.5, 0.6) is 5.75 Å². The molecule has 0 bridgehead atoms. The summed E-state index contributed by atoms with van der Waals surface area (Å²) >= 11 is 0. The zero-order valence-electron chi connectivity index (χ0n) is 18.7. The topological polar surface area (TPSA) is 89.7 Å². The lowest BCUT2D eigenvalue weighted by Crippen LogP contribution is -2.43. The van der Waals surface area contributed by atoms with Crippen molar-refractivity contribution in [3.8, 4) is 5.75 Å². The lowest BCUT2D eigenvalue weighted by atomic mass is 9.83. The fourth-order valence-corrected chi connectivity index (χ4v) is 4.80. The van der Waals surface area contributed by atoms with Crippen LogP contribution in [0.3, 0.4) is 0 Å². The number of nitrogen functional groups attached to an aromatic ring is 1. The standard InChI is InChI=1S/C26H28N4O3/c1-32-20-8-6-18(7-9-20)17-29-25(31)24-21-4-2-3-5-22(21)26(33-24)11-14-30(15-12-26)23-16-19(27)10-13-28-23/h2-10,13,16,24H,11-12,14-15,17H2,1H3,(H2,27,28)(H,29,31). The minimum absolute atomic E-state index is 0.116. The van der Waals surface area contributed by atoms with Gasteiger partial charge in [-0.05, 0) is 47.7 Å². The number of nitrogens with one attached hydrogen (secondary N) is 1. The molecule has 0 aliphatic carbocycles. The van der Waals surface area contributed by atoms with Gasteiger partial charge in [-0.2, -0.15) is 0 Å². The third-order valence-electron chi connectivity index (χ3n) is 6.61. The number of nitrogens with two attached hydrogens (primary N) is 1. The predicted octanol–water partition coefficient (Wildman–Crippen LogP) is 3.56. The summed E-state index contributed by atoms with van der Waals surface area (Å²) in [4.78, 5) is 19.8. The molecule has 3 N–H and O–H groups in total. The van der Waals surface area contributed by atoms with Crippen LogP contribution < -0.4 is 20.7 Å². The number of nitrogens with zero attached hydrogens (tertiary/aromatic N) is 2. The van der Waals surface area contributed by atoms with Gasteiger partial charge in [0.1, 0.15) is 11.6 Å². The SMILES string of the molecule is COc1ccc(CNC(=O)C2OC3(CCN(c4cc(N)ccn4)CC3)c3ccccc32)cc1. The second-order valence-electron chi connectivity index (χ2n) is 8.58. The average Bonchev–Trinajstić information content (AvgIpc) is 3.17. The Labute approximate surface area is 193 Å². The maximum absolute atomic E-state index is 13.2. The van der Waals surface area contributed by atoms with Crippen molar-refractivity contribution in [1.29, 1.82) is 0 Å². The number of piperidine rings is 1. The number of aromatic nitrogens is 1. The number of methoxy groups -OCH3 is 1. The van der Waals surface area contributed by atoms with Crippen LogP contribution in [0, 0.1) is 0 Å². The number of hydrogen-bond acceptors (Lipinski definition) is 6. The highest BCUT2D eigenvalue weighted by atomic mass is 16.5. The smallest absolute Gasteiger partial charge is 0.254 e. The van der Waals surface area contributed by atoms with Crippen LogP contribution in [0.15, 0.2) is 66.9 Å². The first-order valence-corrected chi connectivity index (χ1v) is 11.2. The molecule has 1 aromatic heterocycles. The minimum atomic E-state index is -0.614. The van der Waals surface area contributed by atoms with Gasteiger partial charge in [0.2, 0.25) is 0 Å². The van der Waals surface area contributed by atoms with Crippen molar-refractivity contribution in [2.24, 2.45) is 0 Å². The highest BCUT2D eigenvalue weighted by Gasteiger charge is 2.48. The van der Waals surface area contributed by atoms with Gasteiger partial charge < -0.3 is 25.4 Å². The van der Waals surface area contributed by atoms with Crippen molar-refractivity contribution >= 4 is 17.4 Å². The first kappa shape index (κ1) is 21.3. The van der Waals surface area contributed by atoms with Gasteiger partial charge in [0.15, 0.2) is 6.10 Å². The molecule has 0 radical (unpaired) electrons. The van der Waals surface area contributed by atoms with Crippen molar-refractivity contribution in [2.75, 3.05) is 30.8 Å². The van der Waals surface area contributed by atoms with Crippen LogP contribution in [0.4, 0.5) is 11.5 Å². The van der Waals surface area contributed by atoms with E-state index in [0.717, 1.165) is 54.2 Å². The molecule has 33 heavy (non-hydrogen) atoms. The van der Waals surface area contributed by atoms with Crippen LogP contribution in [-0.4, -0.2) is 31.1 Å². The average molecular weight is 445 g/mol. The molecule has 170 valence electrons. The van der Waals surface area contributed by atoms with E-state index in [9.17, 15) is 4.79 Å². The molecule has 3 heterocycles. The number of anilines is 2. The Bertz CT molecular complexity index is 1140. The first-order valence-electron chi connectivity index (χ1n) is 11.2. The number of carbonyl (C=O) groups is 1. The number of benzene rings is 2. The number of fused-ring (bicyclic) bond motifs is 2. The molecule has 1 fully saturated rings. The summed E-state index contributed by atoms with van der Waals surface area (Å²) < 4.78 is 11.8. The van der Waals surface area contributed by atoms with Crippen molar-refractivity contribution in [3.05, 3.63) is 83.6 Å². The number of ether oxygens (including phenoxy) is 2. The van der Waals surface area contributed by atoms with Crippen molar-refractivity contribution in [3.63, 3.8) is 0 Å². The van der Waals surface area contributed by atoms with Crippen LogP contribution in [0.25, 0.3) is 0 Å². The molecule has 0 saturated carbocycles. The molecule has 5 rings (SSSR count). The van der Waals surface area contributed by atoms with E-state index in [1.165, 1.54) is 0 Å². The predicted molar refractivity (Wildman–Crippen MR) is 127 cm³/mol. The fourth-order valence-electron chi connectivity index (χ4n) is 4.80. The number of amides is 1. The molecule has 3 aromatic rings. The molecule has 7 nitrogen and oxygen atoms in total. The fraction of sp³-hybridized carbons (Fsp3) is 0.308. The summed E-state index contributed by atoms with van der Waals surface area (Å²) in [5.41, 5.74) is 9.27. The molecule has 1 atom stereocenters. The quantitative estimate of drug-likeness (QED) is 0.626. The molecule has 1 amide bonds. The second-order valence-corrected chi connectivity index (χ2v) is 8.58. The van der Waals surface area contributed by atoms with E-state index in [-0.39, 0.29) is 5.91 Å². The largest absolute Gasteiger partial charge is 0.497 e. The van der Waals surface area contributed by atoms with Crippen LogP contribution in [0.2, 0.25) is 0 Å². The minimum Gasteiger partial charge on any atom is -0.497 e. The molecule has 7 heteroatoms. The summed E-state index contributed by atoms with van der Waals surface area (Å²) in [6, 6.07) is 19.5. The summed E-state index contributed by atoms with van der Waals surface area (Å²) in [6.07, 6.45) is 2.68. The van der Waals surface area contributed by atoms with E-state index in [2.05, 4.69) is 21.3 Å². The van der Waals surface area contributed by atoms with E-state index in [4.69, 9.17) is 15.2 Å². The molecular weight excluding hydrogens is 416 g/mol. The van der Waals surface area contributed by atoms with Crippen molar-refractivity contribution in [2.45, 2.75) is 31.1 Å².